The second-order valence-electron chi connectivity index (χ2n) is 7.62. The van der Waals surface area contributed by atoms with E-state index in [2.05, 4.69) is 5.32 Å². The second kappa shape index (κ2) is 8.98. The Balaban J connectivity index is 1.55. The van der Waals surface area contributed by atoms with E-state index in [9.17, 15) is 14.4 Å². The number of carbonyl (C=O) groups is 2. The normalized spacial score (nSPS) is 14.7. The van der Waals surface area contributed by atoms with Crippen LogP contribution < -0.4 is 10.7 Å². The first kappa shape index (κ1) is 21.2. The van der Waals surface area contributed by atoms with E-state index in [-0.39, 0.29) is 30.0 Å². The Bertz CT molecular complexity index is 1200. The zero-order valence-electron chi connectivity index (χ0n) is 17.3. The Morgan fingerprint density at radius 3 is 2.55 bits per heavy atom. The van der Waals surface area contributed by atoms with Crippen LogP contribution in [0, 0.1) is 0 Å². The number of rotatable bonds is 4. The summed E-state index contributed by atoms with van der Waals surface area (Å²) < 4.78 is 6.89. The topological polar surface area (TPSA) is 80.6 Å². The summed E-state index contributed by atoms with van der Waals surface area (Å²) >= 11 is 6.12. The average molecular weight is 442 g/mol. The van der Waals surface area contributed by atoms with Gasteiger partial charge in [0.15, 0.2) is 5.43 Å². The number of para-hydroxylation sites is 1. The number of carbonyl (C=O) groups excluding carboxylic acids is 2. The highest BCUT2D eigenvalue weighted by Crippen LogP contribution is 2.22. The molecular formula is C23H24ClN3O4. The Morgan fingerprint density at radius 1 is 1.10 bits per heavy atom. The molecule has 8 heteroatoms. The predicted octanol–water partition coefficient (Wildman–Crippen LogP) is 3.55. The van der Waals surface area contributed by atoms with E-state index in [0.717, 1.165) is 0 Å². The molecule has 3 aromatic rings. The summed E-state index contributed by atoms with van der Waals surface area (Å²) in [5.74, 6) is -0.139. The standard InChI is InChI=1S/C23H24ClN3O4/c1-2-31-23(30)26-11-9-16(10-12-26)25-21(28)14-27-19-6-4-3-5-17(19)22(29)18-13-15(24)7-8-20(18)27/h3-8,13,16H,2,9-12,14H2,1H3,(H,25,28). The van der Waals surface area contributed by atoms with E-state index in [0.29, 0.717) is 59.4 Å². The number of hydrogen-bond donors (Lipinski definition) is 1. The summed E-state index contributed by atoms with van der Waals surface area (Å²) in [4.78, 5) is 39.3. The van der Waals surface area contributed by atoms with Gasteiger partial charge >= 0.3 is 6.09 Å². The molecule has 4 rings (SSSR count). The molecule has 162 valence electrons. The van der Waals surface area contributed by atoms with Crippen molar-refractivity contribution >= 4 is 45.4 Å². The molecule has 1 N–H and O–H groups in total. The third-order valence-corrected chi connectivity index (χ3v) is 5.86. The van der Waals surface area contributed by atoms with Crippen molar-refractivity contribution in [3.8, 4) is 0 Å². The lowest BCUT2D eigenvalue weighted by atomic mass is 10.1. The smallest absolute Gasteiger partial charge is 0.409 e. The summed E-state index contributed by atoms with van der Waals surface area (Å²) in [6.45, 7) is 3.31. The largest absolute Gasteiger partial charge is 0.450 e. The first-order chi connectivity index (χ1) is 15.0. The number of aromatic nitrogens is 1. The minimum Gasteiger partial charge on any atom is -0.450 e. The van der Waals surface area contributed by atoms with Gasteiger partial charge in [-0.15, -0.1) is 0 Å². The Kier molecular flexibility index (Phi) is 6.13. The number of benzene rings is 2. The van der Waals surface area contributed by atoms with Crippen LogP contribution in [0.4, 0.5) is 4.79 Å². The van der Waals surface area contributed by atoms with E-state index >= 15 is 0 Å². The Morgan fingerprint density at radius 2 is 1.81 bits per heavy atom. The first-order valence-corrected chi connectivity index (χ1v) is 10.8. The van der Waals surface area contributed by atoms with Gasteiger partial charge < -0.3 is 19.5 Å². The molecule has 0 unspecified atom stereocenters. The molecule has 1 aliphatic heterocycles. The van der Waals surface area contributed by atoms with Crippen LogP contribution in [0.5, 0.6) is 0 Å². The monoisotopic (exact) mass is 441 g/mol. The molecule has 2 amide bonds. The number of hydrogen-bond acceptors (Lipinski definition) is 4. The van der Waals surface area contributed by atoms with Gasteiger partial charge in [-0.25, -0.2) is 4.79 Å². The molecule has 2 aromatic carbocycles. The van der Waals surface area contributed by atoms with Crippen molar-refractivity contribution < 1.29 is 14.3 Å². The molecule has 0 spiro atoms. The van der Waals surface area contributed by atoms with Gasteiger partial charge in [-0.3, -0.25) is 9.59 Å². The molecule has 0 bridgehead atoms. The van der Waals surface area contributed by atoms with Crippen molar-refractivity contribution in [2.45, 2.75) is 32.4 Å². The van der Waals surface area contributed by atoms with Gasteiger partial charge in [0.05, 0.1) is 17.6 Å². The van der Waals surface area contributed by atoms with Crippen molar-refractivity contribution in [3.05, 3.63) is 57.7 Å². The van der Waals surface area contributed by atoms with Crippen LogP contribution in [0.1, 0.15) is 19.8 Å². The maximum Gasteiger partial charge on any atom is 0.409 e. The summed E-state index contributed by atoms with van der Waals surface area (Å²) in [6, 6.07) is 12.4. The zero-order chi connectivity index (χ0) is 22.0. The molecular weight excluding hydrogens is 418 g/mol. The highest BCUT2D eigenvalue weighted by atomic mass is 35.5. The van der Waals surface area contributed by atoms with Gasteiger partial charge in [-0.1, -0.05) is 23.7 Å². The van der Waals surface area contributed by atoms with E-state index in [1.54, 1.807) is 36.1 Å². The number of nitrogens with zero attached hydrogens (tertiary/aromatic N) is 2. The summed E-state index contributed by atoms with van der Waals surface area (Å²) in [6.07, 6.45) is 1.04. The Labute approximate surface area is 184 Å². The number of piperidine rings is 1. The number of halogens is 1. The van der Waals surface area contributed by atoms with Crippen LogP contribution in [-0.2, 0) is 16.1 Å². The Hall–Kier alpha value is -3.06. The zero-order valence-corrected chi connectivity index (χ0v) is 18.0. The third kappa shape index (κ3) is 4.37. The molecule has 31 heavy (non-hydrogen) atoms. The van der Waals surface area contributed by atoms with Gasteiger partial charge in [0, 0.05) is 34.9 Å². The van der Waals surface area contributed by atoms with Crippen molar-refractivity contribution in [3.63, 3.8) is 0 Å². The van der Waals surface area contributed by atoms with Gasteiger partial charge in [0.2, 0.25) is 5.91 Å². The lowest BCUT2D eigenvalue weighted by Gasteiger charge is -2.31. The lowest BCUT2D eigenvalue weighted by Crippen LogP contribution is -2.47. The van der Waals surface area contributed by atoms with E-state index in [1.165, 1.54) is 0 Å². The molecule has 1 aromatic heterocycles. The first-order valence-electron chi connectivity index (χ1n) is 10.4. The molecule has 2 heterocycles. The highest BCUT2D eigenvalue weighted by molar-refractivity contribution is 6.31. The number of nitrogens with one attached hydrogen (secondary N) is 1. The highest BCUT2D eigenvalue weighted by Gasteiger charge is 2.25. The fourth-order valence-electron chi connectivity index (χ4n) is 4.11. The molecule has 0 atom stereocenters. The molecule has 1 fully saturated rings. The van der Waals surface area contributed by atoms with Crippen LogP contribution in [0.3, 0.4) is 0 Å². The van der Waals surface area contributed by atoms with Gasteiger partial charge in [0.1, 0.15) is 6.54 Å². The van der Waals surface area contributed by atoms with Crippen LogP contribution in [0.25, 0.3) is 21.8 Å². The number of likely N-dealkylation sites (tertiary alicyclic amines) is 1. The second-order valence-corrected chi connectivity index (χ2v) is 8.06. The van der Waals surface area contributed by atoms with Crippen molar-refractivity contribution in [1.82, 2.24) is 14.8 Å². The van der Waals surface area contributed by atoms with Crippen LogP contribution in [0.15, 0.2) is 47.3 Å². The quantitative estimate of drug-likeness (QED) is 0.628. The number of ether oxygens (including phenoxy) is 1. The van der Waals surface area contributed by atoms with Gasteiger partial charge in [0.25, 0.3) is 0 Å². The maximum absolute atomic E-state index is 12.9. The minimum absolute atomic E-state index is 0.00969. The van der Waals surface area contributed by atoms with E-state index < -0.39 is 0 Å². The SMILES string of the molecule is CCOC(=O)N1CCC(NC(=O)Cn2c3ccccc3c(=O)c3cc(Cl)ccc32)CC1. The van der Waals surface area contributed by atoms with Crippen molar-refractivity contribution in [2.75, 3.05) is 19.7 Å². The van der Waals surface area contributed by atoms with Crippen molar-refractivity contribution in [2.24, 2.45) is 0 Å². The van der Waals surface area contributed by atoms with Gasteiger partial charge in [-0.2, -0.15) is 0 Å². The van der Waals surface area contributed by atoms with Crippen molar-refractivity contribution in [1.29, 1.82) is 0 Å². The fraction of sp³-hybridized carbons (Fsp3) is 0.348. The lowest BCUT2D eigenvalue weighted by molar-refractivity contribution is -0.122. The number of pyridine rings is 1. The maximum atomic E-state index is 12.9. The van der Waals surface area contributed by atoms with Crippen LogP contribution >= 0.6 is 11.6 Å². The fourth-order valence-corrected chi connectivity index (χ4v) is 4.28. The average Bonchev–Trinajstić information content (AvgIpc) is 2.77. The predicted molar refractivity (Wildman–Crippen MR) is 120 cm³/mol. The third-order valence-electron chi connectivity index (χ3n) is 5.62. The molecule has 0 saturated carbocycles. The van der Waals surface area contributed by atoms with E-state index in [1.807, 2.05) is 22.8 Å². The molecule has 0 aliphatic carbocycles. The van der Waals surface area contributed by atoms with E-state index in [4.69, 9.17) is 16.3 Å². The molecule has 1 saturated heterocycles. The van der Waals surface area contributed by atoms with Crippen LogP contribution in [0.2, 0.25) is 5.02 Å². The van der Waals surface area contributed by atoms with Gasteiger partial charge in [-0.05, 0) is 50.1 Å². The summed E-state index contributed by atoms with van der Waals surface area (Å²) in [7, 11) is 0. The summed E-state index contributed by atoms with van der Waals surface area (Å²) in [5, 5.41) is 4.58. The van der Waals surface area contributed by atoms with Crippen LogP contribution in [-0.4, -0.2) is 47.2 Å². The number of fused-ring (bicyclic) bond motifs is 2. The summed E-state index contributed by atoms with van der Waals surface area (Å²) in [5.41, 5.74) is 1.27. The minimum atomic E-state index is -0.308. The molecule has 7 nitrogen and oxygen atoms in total. The number of amides is 2. The molecule has 0 radical (unpaired) electrons. The molecule has 1 aliphatic rings.